The van der Waals surface area contributed by atoms with Gasteiger partial charge in [-0.25, -0.2) is 0 Å². The number of aliphatic hydroxyl groups is 1. The van der Waals surface area contributed by atoms with E-state index in [1.807, 2.05) is 13.8 Å². The van der Waals surface area contributed by atoms with E-state index < -0.39 is 5.60 Å². The lowest BCUT2D eigenvalue weighted by atomic mass is 9.38. The van der Waals surface area contributed by atoms with Crippen LogP contribution in [0.5, 0.6) is 0 Å². The van der Waals surface area contributed by atoms with Crippen LogP contribution in [0.15, 0.2) is 0 Å². The summed E-state index contributed by atoms with van der Waals surface area (Å²) >= 11 is 0. The molecule has 0 unspecified atom stereocenters. The summed E-state index contributed by atoms with van der Waals surface area (Å²) in [4.78, 5) is 0. The van der Waals surface area contributed by atoms with E-state index in [1.165, 1.54) is 0 Å². The van der Waals surface area contributed by atoms with Crippen LogP contribution in [0.25, 0.3) is 0 Å². The van der Waals surface area contributed by atoms with E-state index in [0.717, 1.165) is 25.7 Å². The summed E-state index contributed by atoms with van der Waals surface area (Å²) in [5.74, 6) is 0. The number of hydrogen-bond donors (Lipinski definition) is 2. The SMILES string of the molecule is CC(C)(O)CC12CC(N)(C1)C2. The highest BCUT2D eigenvalue weighted by molar-refractivity contribution is 5.22. The van der Waals surface area contributed by atoms with E-state index in [-0.39, 0.29) is 5.54 Å². The van der Waals surface area contributed by atoms with Crippen molar-refractivity contribution in [2.24, 2.45) is 11.1 Å². The topological polar surface area (TPSA) is 46.2 Å². The fraction of sp³-hybridized carbons (Fsp3) is 1.00. The fourth-order valence-electron chi connectivity index (χ4n) is 3.19. The van der Waals surface area contributed by atoms with Crippen LogP contribution in [0.1, 0.15) is 39.5 Å². The van der Waals surface area contributed by atoms with Crippen LogP contribution in [0.4, 0.5) is 0 Å². The maximum absolute atomic E-state index is 9.59. The standard InChI is InChI=1S/C9H17NO/c1-7(2,11)3-8-4-9(10,5-8)6-8/h11H,3-6,10H2,1-2H3. The molecule has 3 N–H and O–H groups in total. The normalized spacial score (nSPS) is 48.0. The van der Waals surface area contributed by atoms with Gasteiger partial charge >= 0.3 is 0 Å². The Morgan fingerprint density at radius 3 is 2.09 bits per heavy atom. The van der Waals surface area contributed by atoms with E-state index in [9.17, 15) is 5.11 Å². The Balaban J connectivity index is 1.91. The van der Waals surface area contributed by atoms with Crippen LogP contribution in [-0.4, -0.2) is 16.2 Å². The van der Waals surface area contributed by atoms with Gasteiger partial charge in [0.15, 0.2) is 0 Å². The molecule has 0 aromatic rings. The molecule has 2 bridgehead atoms. The van der Waals surface area contributed by atoms with Gasteiger partial charge in [-0.15, -0.1) is 0 Å². The van der Waals surface area contributed by atoms with Gasteiger partial charge < -0.3 is 10.8 Å². The molecule has 0 amide bonds. The molecule has 3 fully saturated rings. The summed E-state index contributed by atoms with van der Waals surface area (Å²) in [6.07, 6.45) is 4.36. The molecule has 0 aliphatic heterocycles. The summed E-state index contributed by atoms with van der Waals surface area (Å²) in [6, 6.07) is 0. The zero-order valence-electron chi connectivity index (χ0n) is 7.35. The number of hydrogen-bond acceptors (Lipinski definition) is 2. The minimum Gasteiger partial charge on any atom is -0.390 e. The van der Waals surface area contributed by atoms with Crippen molar-refractivity contribution in [2.45, 2.75) is 50.7 Å². The number of rotatable bonds is 2. The third-order valence-corrected chi connectivity index (χ3v) is 2.99. The molecule has 0 aromatic heterocycles. The Kier molecular flexibility index (Phi) is 1.13. The zero-order chi connectivity index (χ0) is 8.33. The lowest BCUT2D eigenvalue weighted by Crippen LogP contribution is -2.73. The van der Waals surface area contributed by atoms with E-state index >= 15 is 0 Å². The Morgan fingerprint density at radius 1 is 1.36 bits per heavy atom. The first-order valence-electron chi connectivity index (χ1n) is 4.34. The molecule has 3 aliphatic carbocycles. The van der Waals surface area contributed by atoms with Crippen LogP contribution in [0.2, 0.25) is 0 Å². The molecule has 2 nitrogen and oxygen atoms in total. The van der Waals surface area contributed by atoms with Gasteiger partial charge in [-0.3, -0.25) is 0 Å². The van der Waals surface area contributed by atoms with Gasteiger partial charge in [-0.1, -0.05) is 0 Å². The molecule has 2 heteroatoms. The van der Waals surface area contributed by atoms with Crippen molar-refractivity contribution in [3.63, 3.8) is 0 Å². The van der Waals surface area contributed by atoms with Gasteiger partial charge in [0.1, 0.15) is 0 Å². The molecule has 0 aromatic carbocycles. The van der Waals surface area contributed by atoms with Crippen LogP contribution in [0.3, 0.4) is 0 Å². The van der Waals surface area contributed by atoms with Crippen LogP contribution < -0.4 is 5.73 Å². The predicted octanol–water partition coefficient (Wildman–Crippen LogP) is 1.03. The molecule has 64 valence electrons. The van der Waals surface area contributed by atoms with E-state index in [0.29, 0.717) is 5.41 Å². The predicted molar refractivity (Wildman–Crippen MR) is 44.1 cm³/mol. The first-order valence-corrected chi connectivity index (χ1v) is 4.34. The summed E-state index contributed by atoms with van der Waals surface area (Å²) in [5, 5.41) is 9.59. The lowest BCUT2D eigenvalue weighted by Gasteiger charge is -2.70. The highest BCUT2D eigenvalue weighted by Crippen LogP contribution is 2.68. The van der Waals surface area contributed by atoms with E-state index in [4.69, 9.17) is 5.73 Å². The van der Waals surface area contributed by atoms with Crippen LogP contribution in [0, 0.1) is 5.41 Å². The summed E-state index contributed by atoms with van der Waals surface area (Å²) < 4.78 is 0. The fourth-order valence-corrected chi connectivity index (χ4v) is 3.19. The average molecular weight is 155 g/mol. The van der Waals surface area contributed by atoms with Crippen molar-refractivity contribution in [3.8, 4) is 0 Å². The molecular weight excluding hydrogens is 138 g/mol. The highest BCUT2D eigenvalue weighted by Gasteiger charge is 2.66. The quantitative estimate of drug-likeness (QED) is 0.625. The van der Waals surface area contributed by atoms with Crippen molar-refractivity contribution in [2.75, 3.05) is 0 Å². The van der Waals surface area contributed by atoms with Gasteiger partial charge in [0.25, 0.3) is 0 Å². The average Bonchev–Trinajstić information content (AvgIpc) is 1.53. The highest BCUT2D eigenvalue weighted by atomic mass is 16.3. The van der Waals surface area contributed by atoms with Crippen molar-refractivity contribution in [1.82, 2.24) is 0 Å². The van der Waals surface area contributed by atoms with E-state index in [1.54, 1.807) is 0 Å². The Hall–Kier alpha value is -0.0800. The summed E-state index contributed by atoms with van der Waals surface area (Å²) in [7, 11) is 0. The molecule has 11 heavy (non-hydrogen) atoms. The lowest BCUT2D eigenvalue weighted by molar-refractivity contribution is -0.167. The van der Waals surface area contributed by atoms with Crippen LogP contribution in [-0.2, 0) is 0 Å². The molecule has 0 heterocycles. The second kappa shape index (κ2) is 1.64. The molecule has 0 atom stereocenters. The number of nitrogens with two attached hydrogens (primary N) is 1. The molecule has 0 saturated heterocycles. The van der Waals surface area contributed by atoms with Gasteiger partial charge in [0.2, 0.25) is 0 Å². The maximum Gasteiger partial charge on any atom is 0.0597 e. The molecule has 0 radical (unpaired) electrons. The van der Waals surface area contributed by atoms with Crippen molar-refractivity contribution in [1.29, 1.82) is 0 Å². The van der Waals surface area contributed by atoms with Gasteiger partial charge in [0.05, 0.1) is 5.60 Å². The second-order valence-electron chi connectivity index (χ2n) is 5.38. The Morgan fingerprint density at radius 2 is 1.82 bits per heavy atom. The van der Waals surface area contributed by atoms with Crippen molar-refractivity contribution >= 4 is 0 Å². The van der Waals surface area contributed by atoms with Gasteiger partial charge in [0, 0.05) is 5.54 Å². The Labute approximate surface area is 67.8 Å². The van der Waals surface area contributed by atoms with E-state index in [2.05, 4.69) is 0 Å². The molecule has 3 aliphatic rings. The molecule has 0 spiro atoms. The minimum absolute atomic E-state index is 0.186. The largest absolute Gasteiger partial charge is 0.390 e. The Bertz CT molecular complexity index is 172. The monoisotopic (exact) mass is 155 g/mol. The second-order valence-corrected chi connectivity index (χ2v) is 5.38. The third kappa shape index (κ3) is 1.09. The zero-order valence-corrected chi connectivity index (χ0v) is 7.35. The van der Waals surface area contributed by atoms with Crippen LogP contribution >= 0.6 is 0 Å². The smallest absolute Gasteiger partial charge is 0.0597 e. The minimum atomic E-state index is -0.498. The molecular formula is C9H17NO. The molecule has 3 saturated carbocycles. The summed E-state index contributed by atoms with van der Waals surface area (Å²) in [6.45, 7) is 3.77. The van der Waals surface area contributed by atoms with Crippen molar-refractivity contribution < 1.29 is 5.11 Å². The molecule has 3 rings (SSSR count). The van der Waals surface area contributed by atoms with Gasteiger partial charge in [-0.2, -0.15) is 0 Å². The third-order valence-electron chi connectivity index (χ3n) is 2.99. The summed E-state index contributed by atoms with van der Waals surface area (Å²) in [5.41, 5.74) is 6.03. The first-order chi connectivity index (χ1) is 4.83. The maximum atomic E-state index is 9.59. The van der Waals surface area contributed by atoms with Gasteiger partial charge in [-0.05, 0) is 44.9 Å². The first kappa shape index (κ1) is 7.56. The van der Waals surface area contributed by atoms with Crippen molar-refractivity contribution in [3.05, 3.63) is 0 Å².